The number of benzene rings is 1. The fourth-order valence-corrected chi connectivity index (χ4v) is 1.47. The SMILES string of the molecule is C#CCNC(=O)COC(=O)C(C)(C)Oc1ccc(Cl)cc1. The molecule has 0 aliphatic heterocycles. The summed E-state index contributed by atoms with van der Waals surface area (Å²) in [6.45, 7) is 2.77. The number of hydrogen-bond donors (Lipinski definition) is 1. The largest absolute Gasteiger partial charge is 0.476 e. The molecule has 1 rings (SSSR count). The van der Waals surface area contributed by atoms with E-state index >= 15 is 0 Å². The molecule has 0 aliphatic carbocycles. The molecule has 0 heterocycles. The van der Waals surface area contributed by atoms with E-state index in [0.29, 0.717) is 10.8 Å². The number of ether oxygens (including phenoxy) is 2. The summed E-state index contributed by atoms with van der Waals surface area (Å²) in [6.07, 6.45) is 5.00. The number of esters is 1. The number of carbonyl (C=O) groups is 2. The molecule has 0 unspecified atom stereocenters. The summed E-state index contributed by atoms with van der Waals surface area (Å²) in [4.78, 5) is 23.2. The van der Waals surface area contributed by atoms with Crippen molar-refractivity contribution in [3.05, 3.63) is 29.3 Å². The van der Waals surface area contributed by atoms with E-state index in [4.69, 9.17) is 27.5 Å². The van der Waals surface area contributed by atoms with Crippen LogP contribution in [-0.4, -0.2) is 30.6 Å². The number of carbonyl (C=O) groups excluding carboxylic acids is 2. The first-order valence-corrected chi connectivity index (χ1v) is 6.55. The Labute approximate surface area is 128 Å². The van der Waals surface area contributed by atoms with Crippen LogP contribution in [0.3, 0.4) is 0 Å². The zero-order chi connectivity index (χ0) is 15.9. The Morgan fingerprint density at radius 3 is 2.52 bits per heavy atom. The number of halogens is 1. The van der Waals surface area contributed by atoms with Gasteiger partial charge in [-0.15, -0.1) is 6.42 Å². The molecule has 1 N–H and O–H groups in total. The zero-order valence-corrected chi connectivity index (χ0v) is 12.6. The van der Waals surface area contributed by atoms with Crippen molar-refractivity contribution in [3.63, 3.8) is 0 Å². The fourth-order valence-electron chi connectivity index (χ4n) is 1.34. The number of amides is 1. The lowest BCUT2D eigenvalue weighted by atomic mass is 10.1. The van der Waals surface area contributed by atoms with Crippen molar-refractivity contribution in [1.29, 1.82) is 0 Å². The molecule has 6 heteroatoms. The topological polar surface area (TPSA) is 64.6 Å². The Hall–Kier alpha value is -2.19. The number of terminal acetylenes is 1. The molecule has 1 amide bonds. The molecular formula is C15H16ClNO4. The van der Waals surface area contributed by atoms with Gasteiger partial charge in [0.05, 0.1) is 6.54 Å². The van der Waals surface area contributed by atoms with Crippen molar-refractivity contribution in [2.45, 2.75) is 19.4 Å². The van der Waals surface area contributed by atoms with Crippen LogP contribution in [0.15, 0.2) is 24.3 Å². The normalized spacial score (nSPS) is 10.4. The van der Waals surface area contributed by atoms with E-state index in [9.17, 15) is 9.59 Å². The summed E-state index contributed by atoms with van der Waals surface area (Å²) in [7, 11) is 0. The highest BCUT2D eigenvalue weighted by Crippen LogP contribution is 2.21. The van der Waals surface area contributed by atoms with Crippen LogP contribution in [0.1, 0.15) is 13.8 Å². The summed E-state index contributed by atoms with van der Waals surface area (Å²) in [5.74, 6) is 1.59. The molecule has 0 atom stereocenters. The number of rotatable bonds is 6. The van der Waals surface area contributed by atoms with Crippen molar-refractivity contribution in [1.82, 2.24) is 5.32 Å². The minimum absolute atomic E-state index is 0.0844. The standard InChI is InChI=1S/C15H16ClNO4/c1-4-9-17-13(18)10-20-14(19)15(2,3)21-12-7-5-11(16)6-8-12/h1,5-8H,9-10H2,2-3H3,(H,17,18). The second-order valence-corrected chi connectivity index (χ2v) is 5.06. The van der Waals surface area contributed by atoms with Crippen molar-refractivity contribution in [2.24, 2.45) is 0 Å². The highest BCUT2D eigenvalue weighted by Gasteiger charge is 2.32. The maximum atomic E-state index is 11.9. The second kappa shape index (κ2) is 7.55. The summed E-state index contributed by atoms with van der Waals surface area (Å²) >= 11 is 5.77. The smallest absolute Gasteiger partial charge is 0.350 e. The zero-order valence-electron chi connectivity index (χ0n) is 11.8. The minimum atomic E-state index is -1.24. The molecule has 0 radical (unpaired) electrons. The molecule has 0 saturated heterocycles. The van der Waals surface area contributed by atoms with Crippen LogP contribution in [0.25, 0.3) is 0 Å². The van der Waals surface area contributed by atoms with E-state index in [1.807, 2.05) is 0 Å². The Balaban J connectivity index is 2.53. The van der Waals surface area contributed by atoms with Crippen LogP contribution < -0.4 is 10.1 Å². The van der Waals surface area contributed by atoms with Gasteiger partial charge in [0, 0.05) is 5.02 Å². The van der Waals surface area contributed by atoms with Crippen LogP contribution in [0.4, 0.5) is 0 Å². The second-order valence-electron chi connectivity index (χ2n) is 4.62. The monoisotopic (exact) mass is 309 g/mol. The van der Waals surface area contributed by atoms with Gasteiger partial charge in [-0.3, -0.25) is 4.79 Å². The van der Waals surface area contributed by atoms with E-state index in [2.05, 4.69) is 11.2 Å². The molecule has 5 nitrogen and oxygen atoms in total. The fraction of sp³-hybridized carbons (Fsp3) is 0.333. The first-order valence-electron chi connectivity index (χ1n) is 6.17. The molecule has 0 aromatic heterocycles. The highest BCUT2D eigenvalue weighted by atomic mass is 35.5. The lowest BCUT2D eigenvalue weighted by molar-refractivity contribution is -0.161. The molecule has 0 saturated carbocycles. The van der Waals surface area contributed by atoms with Gasteiger partial charge >= 0.3 is 5.97 Å². The predicted octanol–water partition coefficient (Wildman–Crippen LogP) is 1.79. The molecule has 21 heavy (non-hydrogen) atoms. The number of nitrogens with one attached hydrogen (secondary N) is 1. The lowest BCUT2D eigenvalue weighted by Gasteiger charge is -2.24. The van der Waals surface area contributed by atoms with Crippen molar-refractivity contribution in [3.8, 4) is 18.1 Å². The molecule has 0 spiro atoms. The minimum Gasteiger partial charge on any atom is -0.476 e. The summed E-state index contributed by atoms with van der Waals surface area (Å²) in [5.41, 5.74) is -1.24. The first-order chi connectivity index (χ1) is 9.85. The van der Waals surface area contributed by atoms with Crippen molar-refractivity contribution < 1.29 is 19.1 Å². The maximum absolute atomic E-state index is 11.9. The summed E-state index contributed by atoms with van der Waals surface area (Å²) < 4.78 is 10.4. The molecule has 0 bridgehead atoms. The van der Waals surface area contributed by atoms with E-state index in [0.717, 1.165) is 0 Å². The average Bonchev–Trinajstić information content (AvgIpc) is 2.44. The van der Waals surface area contributed by atoms with E-state index in [-0.39, 0.29) is 6.54 Å². The van der Waals surface area contributed by atoms with Gasteiger partial charge in [0.25, 0.3) is 5.91 Å². The van der Waals surface area contributed by atoms with E-state index < -0.39 is 24.1 Å². The molecule has 112 valence electrons. The molecule has 1 aromatic carbocycles. The average molecular weight is 310 g/mol. The third-order valence-corrected chi connectivity index (χ3v) is 2.65. The van der Waals surface area contributed by atoms with Gasteiger partial charge in [-0.05, 0) is 38.1 Å². The van der Waals surface area contributed by atoms with Crippen LogP contribution in [-0.2, 0) is 14.3 Å². The highest BCUT2D eigenvalue weighted by molar-refractivity contribution is 6.30. The van der Waals surface area contributed by atoms with E-state index in [1.54, 1.807) is 38.1 Å². The summed E-state index contributed by atoms with van der Waals surface area (Å²) in [5, 5.41) is 2.95. The van der Waals surface area contributed by atoms with Crippen LogP contribution >= 0.6 is 11.6 Å². The third-order valence-electron chi connectivity index (χ3n) is 2.40. The molecule has 0 fully saturated rings. The Morgan fingerprint density at radius 2 is 1.95 bits per heavy atom. The lowest BCUT2D eigenvalue weighted by Crippen LogP contribution is -2.41. The van der Waals surface area contributed by atoms with Gasteiger partial charge in [0.15, 0.2) is 12.2 Å². The van der Waals surface area contributed by atoms with Crippen LogP contribution in [0.2, 0.25) is 5.02 Å². The van der Waals surface area contributed by atoms with Gasteiger partial charge in [0.2, 0.25) is 0 Å². The first kappa shape index (κ1) is 16.9. The quantitative estimate of drug-likeness (QED) is 0.643. The maximum Gasteiger partial charge on any atom is 0.350 e. The molecule has 1 aromatic rings. The Kier molecular flexibility index (Phi) is 6.07. The Morgan fingerprint density at radius 1 is 1.33 bits per heavy atom. The van der Waals surface area contributed by atoms with Crippen LogP contribution in [0, 0.1) is 12.3 Å². The van der Waals surface area contributed by atoms with Crippen LogP contribution in [0.5, 0.6) is 5.75 Å². The van der Waals surface area contributed by atoms with Gasteiger partial charge in [0.1, 0.15) is 5.75 Å². The third kappa shape index (κ3) is 5.76. The van der Waals surface area contributed by atoms with Gasteiger partial charge < -0.3 is 14.8 Å². The van der Waals surface area contributed by atoms with Gasteiger partial charge in [-0.2, -0.15) is 0 Å². The van der Waals surface area contributed by atoms with Crippen molar-refractivity contribution >= 4 is 23.5 Å². The predicted molar refractivity (Wildman–Crippen MR) is 79.0 cm³/mol. The van der Waals surface area contributed by atoms with E-state index in [1.165, 1.54) is 0 Å². The molecule has 0 aliphatic rings. The van der Waals surface area contributed by atoms with Crippen molar-refractivity contribution in [2.75, 3.05) is 13.2 Å². The van der Waals surface area contributed by atoms with Gasteiger partial charge in [-0.1, -0.05) is 17.5 Å². The van der Waals surface area contributed by atoms with Gasteiger partial charge in [-0.25, -0.2) is 4.79 Å². The Bertz CT molecular complexity index is 546. The molecular weight excluding hydrogens is 294 g/mol. The number of hydrogen-bond acceptors (Lipinski definition) is 4. The summed E-state index contributed by atoms with van der Waals surface area (Å²) in [6, 6.07) is 6.56.